The molecular formula is C16H24O2. The van der Waals surface area contributed by atoms with Gasteiger partial charge in [0.05, 0.1) is 5.41 Å². The van der Waals surface area contributed by atoms with Crippen LogP contribution in [0.2, 0.25) is 0 Å². The molecule has 18 heavy (non-hydrogen) atoms. The van der Waals surface area contributed by atoms with Crippen molar-refractivity contribution in [2.24, 2.45) is 5.41 Å². The van der Waals surface area contributed by atoms with E-state index in [1.165, 1.54) is 0 Å². The SMILES string of the molecule is C=CC.CCC(C)(C)C(=O)OCc1ccccc1. The Labute approximate surface area is 111 Å². The molecule has 0 radical (unpaired) electrons. The summed E-state index contributed by atoms with van der Waals surface area (Å²) in [5, 5.41) is 0. The summed E-state index contributed by atoms with van der Waals surface area (Å²) in [6.45, 7) is 11.4. The van der Waals surface area contributed by atoms with Crippen molar-refractivity contribution in [3.8, 4) is 0 Å². The Kier molecular flexibility index (Phi) is 7.77. The highest BCUT2D eigenvalue weighted by Crippen LogP contribution is 2.22. The number of hydrogen-bond donors (Lipinski definition) is 0. The maximum absolute atomic E-state index is 11.6. The second kappa shape index (κ2) is 8.51. The number of carbonyl (C=O) groups is 1. The monoisotopic (exact) mass is 248 g/mol. The third-order valence-corrected chi connectivity index (χ3v) is 2.65. The molecule has 0 aliphatic carbocycles. The Bertz CT molecular complexity index is 353. The maximum atomic E-state index is 11.6. The van der Waals surface area contributed by atoms with Crippen LogP contribution >= 0.6 is 0 Å². The van der Waals surface area contributed by atoms with Gasteiger partial charge in [0.15, 0.2) is 0 Å². The molecule has 2 heteroatoms. The summed E-state index contributed by atoms with van der Waals surface area (Å²) in [6, 6.07) is 9.72. The van der Waals surface area contributed by atoms with E-state index < -0.39 is 0 Å². The average Bonchev–Trinajstić information content (AvgIpc) is 2.38. The van der Waals surface area contributed by atoms with Gasteiger partial charge < -0.3 is 4.74 Å². The van der Waals surface area contributed by atoms with E-state index in [9.17, 15) is 4.79 Å². The van der Waals surface area contributed by atoms with Crippen LogP contribution in [0.3, 0.4) is 0 Å². The molecule has 0 aromatic heterocycles. The minimum atomic E-state index is -0.380. The zero-order valence-electron chi connectivity index (χ0n) is 11.9. The molecule has 0 unspecified atom stereocenters. The average molecular weight is 248 g/mol. The van der Waals surface area contributed by atoms with Gasteiger partial charge in [0.25, 0.3) is 0 Å². The Balaban J connectivity index is 0.000000873. The van der Waals surface area contributed by atoms with E-state index >= 15 is 0 Å². The molecular weight excluding hydrogens is 224 g/mol. The van der Waals surface area contributed by atoms with Crippen LogP contribution in [0.15, 0.2) is 43.0 Å². The molecule has 0 spiro atoms. The van der Waals surface area contributed by atoms with Crippen molar-refractivity contribution in [3.63, 3.8) is 0 Å². The van der Waals surface area contributed by atoms with Gasteiger partial charge in [-0.15, -0.1) is 6.58 Å². The minimum absolute atomic E-state index is 0.131. The summed E-state index contributed by atoms with van der Waals surface area (Å²) in [7, 11) is 0. The molecule has 0 saturated heterocycles. The molecule has 1 aromatic rings. The fourth-order valence-electron chi connectivity index (χ4n) is 1.06. The van der Waals surface area contributed by atoms with Gasteiger partial charge in [-0.05, 0) is 32.8 Å². The van der Waals surface area contributed by atoms with Gasteiger partial charge in [-0.25, -0.2) is 0 Å². The predicted molar refractivity (Wildman–Crippen MR) is 76.2 cm³/mol. The lowest BCUT2D eigenvalue weighted by Crippen LogP contribution is -2.25. The molecule has 0 N–H and O–H groups in total. The highest BCUT2D eigenvalue weighted by atomic mass is 16.5. The number of rotatable bonds is 4. The van der Waals surface area contributed by atoms with Crippen molar-refractivity contribution in [2.45, 2.75) is 40.7 Å². The molecule has 0 saturated carbocycles. The first-order chi connectivity index (χ1) is 8.47. The van der Waals surface area contributed by atoms with E-state index in [1.54, 1.807) is 6.08 Å². The highest BCUT2D eigenvalue weighted by molar-refractivity contribution is 5.75. The molecule has 0 aliphatic heterocycles. The van der Waals surface area contributed by atoms with Crippen LogP contribution in [0.5, 0.6) is 0 Å². The normalized spacial score (nSPS) is 10.0. The lowest BCUT2D eigenvalue weighted by Gasteiger charge is -2.20. The number of allylic oxidation sites excluding steroid dienone is 1. The summed E-state index contributed by atoms with van der Waals surface area (Å²) in [6.07, 6.45) is 2.54. The second-order valence-corrected chi connectivity index (χ2v) is 4.71. The summed E-state index contributed by atoms with van der Waals surface area (Å²) in [5.41, 5.74) is 0.646. The summed E-state index contributed by atoms with van der Waals surface area (Å²) < 4.78 is 5.24. The van der Waals surface area contributed by atoms with Crippen LogP contribution < -0.4 is 0 Å². The number of ether oxygens (including phenoxy) is 1. The van der Waals surface area contributed by atoms with E-state index in [2.05, 4.69) is 6.58 Å². The van der Waals surface area contributed by atoms with Crippen molar-refractivity contribution >= 4 is 5.97 Å². The zero-order chi connectivity index (χ0) is 14.0. The van der Waals surface area contributed by atoms with Gasteiger partial charge in [0, 0.05) is 0 Å². The zero-order valence-corrected chi connectivity index (χ0v) is 11.9. The Hall–Kier alpha value is -1.57. The van der Waals surface area contributed by atoms with Crippen molar-refractivity contribution < 1.29 is 9.53 Å². The quantitative estimate of drug-likeness (QED) is 0.584. The first-order valence-electron chi connectivity index (χ1n) is 6.26. The molecule has 0 heterocycles. The third-order valence-electron chi connectivity index (χ3n) is 2.65. The molecule has 1 aromatic carbocycles. The van der Waals surface area contributed by atoms with Crippen molar-refractivity contribution in [1.82, 2.24) is 0 Å². The second-order valence-electron chi connectivity index (χ2n) is 4.71. The van der Waals surface area contributed by atoms with E-state index in [0.29, 0.717) is 6.61 Å². The molecule has 0 bridgehead atoms. The van der Waals surface area contributed by atoms with Gasteiger partial charge in [0.1, 0.15) is 6.61 Å². The van der Waals surface area contributed by atoms with E-state index in [4.69, 9.17) is 4.74 Å². The molecule has 0 aliphatic rings. The number of carbonyl (C=O) groups excluding carboxylic acids is 1. The lowest BCUT2D eigenvalue weighted by molar-refractivity contribution is -0.155. The van der Waals surface area contributed by atoms with Crippen molar-refractivity contribution in [1.29, 1.82) is 0 Å². The van der Waals surface area contributed by atoms with Crippen LogP contribution in [0.25, 0.3) is 0 Å². The van der Waals surface area contributed by atoms with E-state index in [-0.39, 0.29) is 11.4 Å². The largest absolute Gasteiger partial charge is 0.460 e. The fraction of sp³-hybridized carbons (Fsp3) is 0.438. The van der Waals surface area contributed by atoms with Gasteiger partial charge in [-0.1, -0.05) is 43.3 Å². The van der Waals surface area contributed by atoms with Crippen LogP contribution in [0, 0.1) is 5.41 Å². The molecule has 0 fully saturated rings. The predicted octanol–water partition coefficient (Wildman–Crippen LogP) is 4.36. The molecule has 0 amide bonds. The molecule has 1 rings (SSSR count). The third kappa shape index (κ3) is 6.24. The first kappa shape index (κ1) is 16.4. The van der Waals surface area contributed by atoms with Crippen molar-refractivity contribution in [2.75, 3.05) is 0 Å². The summed E-state index contributed by atoms with van der Waals surface area (Å²) in [4.78, 5) is 11.6. The Morgan fingerprint density at radius 3 is 2.28 bits per heavy atom. The number of esters is 1. The van der Waals surface area contributed by atoms with Crippen LogP contribution in [0.4, 0.5) is 0 Å². The lowest BCUT2D eigenvalue weighted by atomic mass is 9.91. The number of benzene rings is 1. The maximum Gasteiger partial charge on any atom is 0.311 e. The topological polar surface area (TPSA) is 26.3 Å². The van der Waals surface area contributed by atoms with Crippen LogP contribution in [-0.4, -0.2) is 5.97 Å². The van der Waals surface area contributed by atoms with Gasteiger partial charge in [-0.2, -0.15) is 0 Å². The summed E-state index contributed by atoms with van der Waals surface area (Å²) in [5.74, 6) is -0.131. The molecule has 0 atom stereocenters. The number of hydrogen-bond acceptors (Lipinski definition) is 2. The van der Waals surface area contributed by atoms with Crippen molar-refractivity contribution in [3.05, 3.63) is 48.6 Å². The Morgan fingerprint density at radius 1 is 1.33 bits per heavy atom. The molecule has 2 nitrogen and oxygen atoms in total. The minimum Gasteiger partial charge on any atom is -0.460 e. The Morgan fingerprint density at radius 2 is 1.83 bits per heavy atom. The van der Waals surface area contributed by atoms with Crippen LogP contribution in [0.1, 0.15) is 39.7 Å². The van der Waals surface area contributed by atoms with E-state index in [0.717, 1.165) is 12.0 Å². The van der Waals surface area contributed by atoms with Gasteiger partial charge >= 0.3 is 5.97 Å². The van der Waals surface area contributed by atoms with Gasteiger partial charge in [-0.3, -0.25) is 4.79 Å². The smallest absolute Gasteiger partial charge is 0.311 e. The first-order valence-corrected chi connectivity index (χ1v) is 6.26. The summed E-state index contributed by atoms with van der Waals surface area (Å²) >= 11 is 0. The molecule has 100 valence electrons. The van der Waals surface area contributed by atoms with Gasteiger partial charge in [0.2, 0.25) is 0 Å². The fourth-order valence-corrected chi connectivity index (χ4v) is 1.06. The van der Waals surface area contributed by atoms with Crippen LogP contribution in [-0.2, 0) is 16.1 Å². The standard InChI is InChI=1S/C13H18O2.C3H6/c1-4-13(2,3)12(14)15-10-11-8-6-5-7-9-11;1-3-2/h5-9H,4,10H2,1-3H3;3H,1H2,2H3. The van der Waals surface area contributed by atoms with E-state index in [1.807, 2.05) is 58.0 Å². The highest BCUT2D eigenvalue weighted by Gasteiger charge is 2.26.